The van der Waals surface area contributed by atoms with Crippen molar-refractivity contribution in [3.63, 3.8) is 0 Å². The van der Waals surface area contributed by atoms with Crippen LogP contribution in [-0.2, 0) is 4.79 Å². The first-order chi connectivity index (χ1) is 10.4. The third-order valence-corrected chi connectivity index (χ3v) is 3.69. The second-order valence-corrected chi connectivity index (χ2v) is 6.06. The van der Waals surface area contributed by atoms with Gasteiger partial charge in [-0.1, -0.05) is 30.3 Å². The minimum Gasteiger partial charge on any atom is -0.355 e. The van der Waals surface area contributed by atoms with Gasteiger partial charge in [-0.15, -0.1) is 0 Å². The lowest BCUT2D eigenvalue weighted by atomic mass is 10.1. The molecule has 1 amide bonds. The van der Waals surface area contributed by atoms with Crippen LogP contribution in [0.1, 0.15) is 50.9 Å². The van der Waals surface area contributed by atoms with E-state index in [1.54, 1.807) is 12.1 Å². The third kappa shape index (κ3) is 6.39. The smallest absolute Gasteiger partial charge is 0.220 e. The van der Waals surface area contributed by atoms with Gasteiger partial charge in [0.1, 0.15) is 0 Å². The summed E-state index contributed by atoms with van der Waals surface area (Å²) in [4.78, 5) is 26.1. The second kappa shape index (κ2) is 9.36. The zero-order valence-electron chi connectivity index (χ0n) is 14.1. The highest BCUT2D eigenvalue weighted by atomic mass is 16.2. The van der Waals surface area contributed by atoms with Gasteiger partial charge < -0.3 is 5.32 Å². The van der Waals surface area contributed by atoms with Gasteiger partial charge in [-0.05, 0) is 27.7 Å². The van der Waals surface area contributed by atoms with Crippen LogP contribution in [0.5, 0.6) is 0 Å². The van der Waals surface area contributed by atoms with Crippen molar-refractivity contribution in [3.8, 4) is 0 Å². The topological polar surface area (TPSA) is 49.4 Å². The molecule has 122 valence electrons. The quantitative estimate of drug-likeness (QED) is 0.714. The summed E-state index contributed by atoms with van der Waals surface area (Å²) >= 11 is 0. The van der Waals surface area contributed by atoms with Gasteiger partial charge in [-0.25, -0.2) is 0 Å². The molecule has 0 saturated heterocycles. The summed E-state index contributed by atoms with van der Waals surface area (Å²) < 4.78 is 0. The molecule has 0 aromatic heterocycles. The van der Waals surface area contributed by atoms with Crippen LogP contribution in [-0.4, -0.2) is 41.8 Å². The number of amides is 1. The van der Waals surface area contributed by atoms with Crippen LogP contribution >= 0.6 is 0 Å². The molecular weight excluding hydrogens is 276 g/mol. The molecule has 0 heterocycles. The van der Waals surface area contributed by atoms with Crippen LogP contribution in [0.4, 0.5) is 0 Å². The molecule has 1 N–H and O–H groups in total. The molecule has 0 saturated carbocycles. The van der Waals surface area contributed by atoms with Crippen LogP contribution in [0.2, 0.25) is 0 Å². The van der Waals surface area contributed by atoms with E-state index in [0.717, 1.165) is 6.54 Å². The summed E-state index contributed by atoms with van der Waals surface area (Å²) in [5.41, 5.74) is 0.668. The van der Waals surface area contributed by atoms with E-state index in [0.29, 0.717) is 24.2 Å². The van der Waals surface area contributed by atoms with E-state index in [2.05, 4.69) is 37.9 Å². The Morgan fingerprint density at radius 1 is 1.00 bits per heavy atom. The maximum absolute atomic E-state index is 11.9. The standard InChI is InChI=1S/C18H28N2O2/c1-14(2)20(15(3)4)13-12-19-18(22)11-10-17(21)16-8-6-5-7-9-16/h5-9,14-15H,10-13H2,1-4H3,(H,19,22). The highest BCUT2D eigenvalue weighted by molar-refractivity contribution is 5.97. The molecule has 0 aliphatic rings. The third-order valence-electron chi connectivity index (χ3n) is 3.69. The van der Waals surface area contributed by atoms with E-state index in [9.17, 15) is 9.59 Å². The monoisotopic (exact) mass is 304 g/mol. The van der Waals surface area contributed by atoms with Gasteiger partial charge >= 0.3 is 0 Å². The van der Waals surface area contributed by atoms with Crippen LogP contribution in [0, 0.1) is 0 Å². The van der Waals surface area contributed by atoms with Crippen molar-refractivity contribution in [2.45, 2.75) is 52.6 Å². The number of hydrogen-bond acceptors (Lipinski definition) is 3. The van der Waals surface area contributed by atoms with Crippen molar-refractivity contribution in [3.05, 3.63) is 35.9 Å². The van der Waals surface area contributed by atoms with Crippen LogP contribution < -0.4 is 5.32 Å². The largest absolute Gasteiger partial charge is 0.355 e. The number of rotatable bonds is 9. The van der Waals surface area contributed by atoms with E-state index in [-0.39, 0.29) is 24.5 Å². The Bertz CT molecular complexity index is 461. The average molecular weight is 304 g/mol. The van der Waals surface area contributed by atoms with E-state index in [1.807, 2.05) is 18.2 Å². The highest BCUT2D eigenvalue weighted by Gasteiger charge is 2.13. The van der Waals surface area contributed by atoms with Gasteiger partial charge in [-0.2, -0.15) is 0 Å². The molecule has 0 radical (unpaired) electrons. The first-order valence-electron chi connectivity index (χ1n) is 8.02. The Kier molecular flexibility index (Phi) is 7.82. The number of benzene rings is 1. The van der Waals surface area contributed by atoms with Gasteiger partial charge in [0.25, 0.3) is 0 Å². The summed E-state index contributed by atoms with van der Waals surface area (Å²) in [5, 5.41) is 2.90. The van der Waals surface area contributed by atoms with Crippen molar-refractivity contribution in [1.29, 1.82) is 0 Å². The van der Waals surface area contributed by atoms with Crippen LogP contribution in [0.15, 0.2) is 30.3 Å². The number of hydrogen-bond donors (Lipinski definition) is 1. The zero-order chi connectivity index (χ0) is 16.5. The normalized spacial score (nSPS) is 11.2. The first-order valence-corrected chi connectivity index (χ1v) is 8.02. The number of nitrogens with zero attached hydrogens (tertiary/aromatic N) is 1. The molecule has 0 aliphatic carbocycles. The lowest BCUT2D eigenvalue weighted by Crippen LogP contribution is -2.42. The lowest BCUT2D eigenvalue weighted by molar-refractivity contribution is -0.121. The van der Waals surface area contributed by atoms with Gasteiger partial charge in [0.05, 0.1) is 0 Å². The summed E-state index contributed by atoms with van der Waals surface area (Å²) in [7, 11) is 0. The van der Waals surface area contributed by atoms with Gasteiger partial charge in [0.15, 0.2) is 5.78 Å². The van der Waals surface area contributed by atoms with Gasteiger partial charge in [0, 0.05) is 43.6 Å². The van der Waals surface area contributed by atoms with Crippen molar-refractivity contribution >= 4 is 11.7 Å². The van der Waals surface area contributed by atoms with E-state index < -0.39 is 0 Å². The van der Waals surface area contributed by atoms with Crippen LogP contribution in [0.3, 0.4) is 0 Å². The van der Waals surface area contributed by atoms with Gasteiger partial charge in [0.2, 0.25) is 5.91 Å². The lowest BCUT2D eigenvalue weighted by Gasteiger charge is -2.30. The fraction of sp³-hybridized carbons (Fsp3) is 0.556. The van der Waals surface area contributed by atoms with E-state index in [4.69, 9.17) is 0 Å². The van der Waals surface area contributed by atoms with Crippen molar-refractivity contribution in [2.75, 3.05) is 13.1 Å². The predicted molar refractivity (Wildman–Crippen MR) is 90.0 cm³/mol. The summed E-state index contributed by atoms with van der Waals surface area (Å²) in [5.74, 6) is -0.0431. The molecule has 0 bridgehead atoms. The van der Waals surface area contributed by atoms with Crippen molar-refractivity contribution in [1.82, 2.24) is 10.2 Å². The fourth-order valence-electron chi connectivity index (χ4n) is 2.52. The minimum atomic E-state index is -0.0586. The van der Waals surface area contributed by atoms with E-state index >= 15 is 0 Å². The molecule has 0 fully saturated rings. The van der Waals surface area contributed by atoms with Gasteiger partial charge in [-0.3, -0.25) is 14.5 Å². The zero-order valence-corrected chi connectivity index (χ0v) is 14.1. The molecule has 1 rings (SSSR count). The molecule has 0 spiro atoms. The number of carbonyl (C=O) groups excluding carboxylic acids is 2. The number of ketones is 1. The fourth-order valence-corrected chi connectivity index (χ4v) is 2.52. The van der Waals surface area contributed by atoms with E-state index in [1.165, 1.54) is 0 Å². The maximum atomic E-state index is 11.9. The molecule has 4 heteroatoms. The molecule has 1 aromatic rings. The Balaban J connectivity index is 2.28. The Morgan fingerprint density at radius 2 is 1.59 bits per heavy atom. The second-order valence-electron chi connectivity index (χ2n) is 6.06. The minimum absolute atomic E-state index is 0.0155. The Morgan fingerprint density at radius 3 is 2.14 bits per heavy atom. The number of carbonyl (C=O) groups is 2. The summed E-state index contributed by atoms with van der Waals surface area (Å²) in [6, 6.07) is 10.0. The molecular formula is C18H28N2O2. The van der Waals surface area contributed by atoms with Crippen molar-refractivity contribution < 1.29 is 9.59 Å². The SMILES string of the molecule is CC(C)N(CCNC(=O)CCC(=O)c1ccccc1)C(C)C. The summed E-state index contributed by atoms with van der Waals surface area (Å²) in [6.45, 7) is 10.1. The molecule has 0 atom stereocenters. The molecule has 0 aliphatic heterocycles. The summed E-state index contributed by atoms with van der Waals surface area (Å²) in [6.07, 6.45) is 0.505. The average Bonchev–Trinajstić information content (AvgIpc) is 2.49. The molecule has 22 heavy (non-hydrogen) atoms. The predicted octanol–water partition coefficient (Wildman–Crippen LogP) is 2.88. The number of Topliss-reactive ketones (excluding diaryl/α,β-unsaturated/α-hetero) is 1. The molecule has 1 aromatic carbocycles. The first kappa shape index (κ1) is 18.4. The Labute approximate surface area is 133 Å². The number of nitrogens with one attached hydrogen (secondary N) is 1. The Hall–Kier alpha value is -1.68. The van der Waals surface area contributed by atoms with Crippen LogP contribution in [0.25, 0.3) is 0 Å². The molecule has 4 nitrogen and oxygen atoms in total. The maximum Gasteiger partial charge on any atom is 0.220 e. The molecule has 0 unspecified atom stereocenters. The van der Waals surface area contributed by atoms with Crippen molar-refractivity contribution in [2.24, 2.45) is 0 Å². The highest BCUT2D eigenvalue weighted by Crippen LogP contribution is 2.05.